The molecule has 5 nitrogen and oxygen atoms in total. The highest BCUT2D eigenvalue weighted by Crippen LogP contribution is 2.16. The molecule has 2 N–H and O–H groups in total. The molecule has 0 aromatic carbocycles. The summed E-state index contributed by atoms with van der Waals surface area (Å²) in [5.41, 5.74) is 0. The van der Waals surface area contributed by atoms with Crippen molar-refractivity contribution in [3.63, 3.8) is 0 Å². The van der Waals surface area contributed by atoms with Gasteiger partial charge in [-0.3, -0.25) is 9.59 Å². The molecular formula is C27H52O5. The number of aliphatic carboxylic acids is 1. The number of hydrogen-bond acceptors (Lipinski definition) is 4. The number of esters is 1. The molecular weight excluding hydrogens is 404 g/mol. The van der Waals surface area contributed by atoms with Gasteiger partial charge in [0.15, 0.2) is 0 Å². The number of rotatable bonds is 24. The van der Waals surface area contributed by atoms with Crippen molar-refractivity contribution in [2.24, 2.45) is 0 Å². The molecule has 0 amide bonds. The Hall–Kier alpha value is -1.10. The summed E-state index contributed by atoms with van der Waals surface area (Å²) in [6, 6.07) is 0. The Morgan fingerprint density at radius 3 is 1.47 bits per heavy atom. The van der Waals surface area contributed by atoms with Gasteiger partial charge in [0, 0.05) is 0 Å². The van der Waals surface area contributed by atoms with E-state index in [-0.39, 0.29) is 12.8 Å². The Morgan fingerprint density at radius 2 is 1.03 bits per heavy atom. The number of carbonyl (C=O) groups is 2. The summed E-state index contributed by atoms with van der Waals surface area (Å²) in [6.07, 6.45) is 20.1. The monoisotopic (exact) mass is 456 g/mol. The summed E-state index contributed by atoms with van der Waals surface area (Å²) in [6.45, 7) is 4.42. The van der Waals surface area contributed by atoms with Gasteiger partial charge in [0.05, 0.1) is 18.9 Å². The molecule has 0 aliphatic rings. The molecule has 2 unspecified atom stereocenters. The van der Waals surface area contributed by atoms with Crippen molar-refractivity contribution < 1.29 is 24.5 Å². The molecule has 0 aromatic rings. The fraction of sp³-hybridized carbons (Fsp3) is 0.926. The number of aliphatic hydroxyl groups excluding tert-OH is 1. The highest BCUT2D eigenvalue weighted by molar-refractivity contribution is 5.71. The van der Waals surface area contributed by atoms with E-state index in [4.69, 9.17) is 9.84 Å². The number of ether oxygens (including phenoxy) is 1. The number of carboxylic acids is 1. The highest BCUT2D eigenvalue weighted by atomic mass is 16.5. The third kappa shape index (κ3) is 22.1. The van der Waals surface area contributed by atoms with Gasteiger partial charge in [0.2, 0.25) is 0 Å². The fourth-order valence-corrected chi connectivity index (χ4v) is 4.12. The van der Waals surface area contributed by atoms with Crippen LogP contribution in [0, 0.1) is 0 Å². The first-order valence-corrected chi connectivity index (χ1v) is 13.6. The Bertz CT molecular complexity index is 438. The first-order chi connectivity index (χ1) is 15.5. The Kier molecular flexibility index (Phi) is 22.3. The van der Waals surface area contributed by atoms with E-state index in [2.05, 4.69) is 13.8 Å². The lowest BCUT2D eigenvalue weighted by atomic mass is 10.0. The Morgan fingerprint density at radius 1 is 0.625 bits per heavy atom. The van der Waals surface area contributed by atoms with Gasteiger partial charge in [0.25, 0.3) is 0 Å². The lowest BCUT2D eigenvalue weighted by Crippen LogP contribution is -2.24. The highest BCUT2D eigenvalue weighted by Gasteiger charge is 2.20. The van der Waals surface area contributed by atoms with Crippen molar-refractivity contribution in [1.29, 1.82) is 0 Å². The van der Waals surface area contributed by atoms with Gasteiger partial charge < -0.3 is 14.9 Å². The smallest absolute Gasteiger partial charge is 0.308 e. The SMILES string of the molecule is CCCCCCCCCCCCCC(CC(=O)O)OC(=O)CC(O)CCCCCCCC. The number of hydrogen-bond donors (Lipinski definition) is 2. The maximum atomic E-state index is 12.1. The molecule has 32 heavy (non-hydrogen) atoms. The van der Waals surface area contributed by atoms with Crippen molar-refractivity contribution in [3.8, 4) is 0 Å². The molecule has 0 bridgehead atoms. The molecule has 190 valence electrons. The van der Waals surface area contributed by atoms with Gasteiger partial charge in [-0.15, -0.1) is 0 Å². The molecule has 0 saturated carbocycles. The maximum Gasteiger partial charge on any atom is 0.308 e. The third-order valence-corrected chi connectivity index (χ3v) is 6.12. The average Bonchev–Trinajstić information content (AvgIpc) is 2.73. The molecule has 0 fully saturated rings. The first-order valence-electron chi connectivity index (χ1n) is 13.6. The summed E-state index contributed by atoms with van der Waals surface area (Å²) < 4.78 is 5.40. The van der Waals surface area contributed by atoms with Gasteiger partial charge in [-0.05, 0) is 19.3 Å². The molecule has 0 heterocycles. The summed E-state index contributed by atoms with van der Waals surface area (Å²) >= 11 is 0. The van der Waals surface area contributed by atoms with Crippen molar-refractivity contribution >= 4 is 11.9 Å². The topological polar surface area (TPSA) is 83.8 Å². The molecule has 0 radical (unpaired) electrons. The number of aliphatic hydroxyl groups is 1. The van der Waals surface area contributed by atoms with E-state index in [0.717, 1.165) is 32.1 Å². The minimum Gasteiger partial charge on any atom is -0.481 e. The Labute approximate surface area is 197 Å². The fourth-order valence-electron chi connectivity index (χ4n) is 4.12. The lowest BCUT2D eigenvalue weighted by molar-refractivity contribution is -0.155. The van der Waals surface area contributed by atoms with Crippen LogP contribution in [0.25, 0.3) is 0 Å². The second-order valence-corrected chi connectivity index (χ2v) is 9.45. The van der Waals surface area contributed by atoms with Gasteiger partial charge in [-0.25, -0.2) is 0 Å². The van der Waals surface area contributed by atoms with Crippen LogP contribution in [0.4, 0.5) is 0 Å². The van der Waals surface area contributed by atoms with Crippen LogP contribution in [0.3, 0.4) is 0 Å². The van der Waals surface area contributed by atoms with E-state index < -0.39 is 24.1 Å². The summed E-state index contributed by atoms with van der Waals surface area (Å²) in [5, 5.41) is 19.2. The average molecular weight is 457 g/mol. The minimum absolute atomic E-state index is 0.0384. The van der Waals surface area contributed by atoms with E-state index in [0.29, 0.717) is 12.8 Å². The Balaban J connectivity index is 3.89. The first kappa shape index (κ1) is 30.9. The zero-order valence-electron chi connectivity index (χ0n) is 21.1. The van der Waals surface area contributed by atoms with Crippen molar-refractivity contribution in [2.75, 3.05) is 0 Å². The van der Waals surface area contributed by atoms with Gasteiger partial charge in [0.1, 0.15) is 6.10 Å². The largest absolute Gasteiger partial charge is 0.481 e. The standard InChI is InChI=1S/C27H52O5/c1-3-5-7-9-11-12-13-14-15-17-19-21-25(23-26(29)30)32-27(31)22-24(28)20-18-16-10-8-6-4-2/h24-25,28H,3-23H2,1-2H3,(H,29,30). The van der Waals surface area contributed by atoms with Crippen LogP contribution in [-0.2, 0) is 14.3 Å². The number of carboxylic acid groups (broad SMARTS) is 1. The van der Waals surface area contributed by atoms with E-state index >= 15 is 0 Å². The van der Waals surface area contributed by atoms with Crippen LogP contribution in [0.15, 0.2) is 0 Å². The lowest BCUT2D eigenvalue weighted by Gasteiger charge is -2.17. The second kappa shape index (κ2) is 23.1. The number of carbonyl (C=O) groups excluding carboxylic acids is 1. The van der Waals surface area contributed by atoms with E-state index in [1.54, 1.807) is 0 Å². The van der Waals surface area contributed by atoms with Crippen LogP contribution in [0.2, 0.25) is 0 Å². The van der Waals surface area contributed by atoms with Crippen LogP contribution >= 0.6 is 0 Å². The molecule has 0 aliphatic carbocycles. The molecule has 2 atom stereocenters. The van der Waals surface area contributed by atoms with Crippen LogP contribution in [0.1, 0.15) is 149 Å². The predicted octanol–water partition coefficient (Wildman–Crippen LogP) is 7.58. The van der Waals surface area contributed by atoms with Crippen LogP contribution in [0.5, 0.6) is 0 Å². The minimum atomic E-state index is -0.946. The van der Waals surface area contributed by atoms with Gasteiger partial charge >= 0.3 is 11.9 Å². The van der Waals surface area contributed by atoms with E-state index in [1.807, 2.05) is 0 Å². The van der Waals surface area contributed by atoms with Gasteiger partial charge in [-0.1, -0.05) is 117 Å². The number of unbranched alkanes of at least 4 members (excludes halogenated alkanes) is 15. The zero-order valence-corrected chi connectivity index (χ0v) is 21.1. The predicted molar refractivity (Wildman–Crippen MR) is 132 cm³/mol. The van der Waals surface area contributed by atoms with Crippen LogP contribution in [-0.4, -0.2) is 34.4 Å². The summed E-state index contributed by atoms with van der Waals surface area (Å²) in [7, 11) is 0. The molecule has 0 saturated heterocycles. The van der Waals surface area contributed by atoms with E-state index in [1.165, 1.54) is 77.0 Å². The van der Waals surface area contributed by atoms with E-state index in [9.17, 15) is 14.7 Å². The van der Waals surface area contributed by atoms with Crippen molar-refractivity contribution in [2.45, 2.75) is 161 Å². The molecule has 0 spiro atoms. The van der Waals surface area contributed by atoms with Gasteiger partial charge in [-0.2, -0.15) is 0 Å². The summed E-state index contributed by atoms with van der Waals surface area (Å²) in [5.74, 6) is -1.42. The van der Waals surface area contributed by atoms with Crippen molar-refractivity contribution in [3.05, 3.63) is 0 Å². The molecule has 0 rings (SSSR count). The van der Waals surface area contributed by atoms with Crippen molar-refractivity contribution in [1.82, 2.24) is 0 Å². The normalized spacial score (nSPS) is 13.1. The quantitative estimate of drug-likeness (QED) is 0.115. The third-order valence-electron chi connectivity index (χ3n) is 6.12. The maximum absolute atomic E-state index is 12.1. The summed E-state index contributed by atoms with van der Waals surface area (Å²) in [4.78, 5) is 23.3. The molecule has 0 aliphatic heterocycles. The second-order valence-electron chi connectivity index (χ2n) is 9.45. The molecule has 5 heteroatoms. The van der Waals surface area contributed by atoms with Crippen LogP contribution < -0.4 is 0 Å². The zero-order chi connectivity index (χ0) is 23.9. The molecule has 0 aromatic heterocycles.